The van der Waals surface area contributed by atoms with Gasteiger partial charge in [-0.2, -0.15) is 0 Å². The molecule has 82 valence electrons. The lowest BCUT2D eigenvalue weighted by Gasteiger charge is -2.06. The average Bonchev–Trinajstić information content (AvgIpc) is 2.29. The first kappa shape index (κ1) is 10.4. The fraction of sp³-hybridized carbons (Fsp3) is 0.167. The Labute approximate surface area is 93.7 Å². The summed E-state index contributed by atoms with van der Waals surface area (Å²) in [5.41, 5.74) is 1.69. The van der Waals surface area contributed by atoms with Crippen molar-refractivity contribution in [1.82, 2.24) is 10.3 Å². The molecule has 4 nitrogen and oxygen atoms in total. The molecule has 1 aromatic carbocycles. The van der Waals surface area contributed by atoms with Crippen molar-refractivity contribution in [2.24, 2.45) is 0 Å². The molecule has 0 spiro atoms. The summed E-state index contributed by atoms with van der Waals surface area (Å²) in [5, 5.41) is 6.44. The van der Waals surface area contributed by atoms with Gasteiger partial charge in [0.25, 0.3) is 0 Å². The minimum absolute atomic E-state index is 0.189. The number of benzene rings is 1. The monoisotopic (exact) mass is 215 g/mol. The number of anilines is 1. The molecule has 0 aliphatic carbocycles. The number of hydrogen-bond donors (Lipinski definition) is 2. The molecule has 0 saturated carbocycles. The Morgan fingerprint density at radius 2 is 2.25 bits per heavy atom. The quantitative estimate of drug-likeness (QED) is 0.808. The minimum atomic E-state index is -0.189. The molecule has 2 amide bonds. The normalized spacial score (nSPS) is 10.1. The first-order valence-electron chi connectivity index (χ1n) is 5.19. The van der Waals surface area contributed by atoms with E-state index in [1.807, 2.05) is 37.3 Å². The number of carbonyl (C=O) groups excluding carboxylic acids is 1. The summed E-state index contributed by atoms with van der Waals surface area (Å²) >= 11 is 0. The molecule has 0 fully saturated rings. The summed E-state index contributed by atoms with van der Waals surface area (Å²) in [7, 11) is 0. The second-order valence-electron chi connectivity index (χ2n) is 3.40. The molecule has 0 aliphatic rings. The van der Waals surface area contributed by atoms with Gasteiger partial charge in [0.1, 0.15) is 0 Å². The van der Waals surface area contributed by atoms with Crippen LogP contribution in [-0.4, -0.2) is 17.6 Å². The van der Waals surface area contributed by atoms with Crippen LogP contribution in [0.2, 0.25) is 0 Å². The molecular formula is C12H13N3O. The highest BCUT2D eigenvalue weighted by molar-refractivity contribution is 5.92. The first-order valence-corrected chi connectivity index (χ1v) is 5.19. The zero-order chi connectivity index (χ0) is 11.4. The summed E-state index contributed by atoms with van der Waals surface area (Å²) < 4.78 is 0. The Bertz CT molecular complexity index is 510. The van der Waals surface area contributed by atoms with Crippen LogP contribution < -0.4 is 10.6 Å². The third-order valence-electron chi connectivity index (χ3n) is 2.20. The van der Waals surface area contributed by atoms with Gasteiger partial charge in [0.15, 0.2) is 0 Å². The lowest BCUT2D eigenvalue weighted by molar-refractivity contribution is 0.252. The highest BCUT2D eigenvalue weighted by Crippen LogP contribution is 2.16. The van der Waals surface area contributed by atoms with Crippen LogP contribution in [-0.2, 0) is 0 Å². The number of pyridine rings is 1. The van der Waals surface area contributed by atoms with Gasteiger partial charge in [-0.25, -0.2) is 4.79 Å². The molecule has 2 rings (SSSR count). The molecule has 2 N–H and O–H groups in total. The van der Waals surface area contributed by atoms with Crippen molar-refractivity contribution in [1.29, 1.82) is 0 Å². The number of urea groups is 1. The van der Waals surface area contributed by atoms with E-state index in [4.69, 9.17) is 0 Å². The molecule has 0 bridgehead atoms. The third kappa shape index (κ3) is 2.28. The maximum Gasteiger partial charge on any atom is 0.319 e. The van der Waals surface area contributed by atoms with Gasteiger partial charge in [0, 0.05) is 23.8 Å². The zero-order valence-corrected chi connectivity index (χ0v) is 9.03. The second-order valence-corrected chi connectivity index (χ2v) is 3.40. The van der Waals surface area contributed by atoms with E-state index in [0.717, 1.165) is 16.6 Å². The fourth-order valence-electron chi connectivity index (χ4n) is 1.49. The lowest BCUT2D eigenvalue weighted by atomic mass is 10.2. The Morgan fingerprint density at radius 1 is 1.38 bits per heavy atom. The van der Waals surface area contributed by atoms with Crippen molar-refractivity contribution in [2.75, 3.05) is 11.9 Å². The summed E-state index contributed by atoms with van der Waals surface area (Å²) in [6.07, 6.45) is 1.75. The van der Waals surface area contributed by atoms with Gasteiger partial charge in [-0.15, -0.1) is 0 Å². The number of nitrogens with one attached hydrogen (secondary N) is 2. The van der Waals surface area contributed by atoms with Gasteiger partial charge in [-0.1, -0.05) is 6.07 Å². The first-order chi connectivity index (χ1) is 7.79. The van der Waals surface area contributed by atoms with Crippen molar-refractivity contribution in [3.05, 3.63) is 36.5 Å². The van der Waals surface area contributed by atoms with Crippen molar-refractivity contribution < 1.29 is 4.79 Å². The molecule has 4 heteroatoms. The Balaban J connectivity index is 2.22. The Kier molecular flexibility index (Phi) is 3.00. The smallest absolute Gasteiger partial charge is 0.319 e. The summed E-state index contributed by atoms with van der Waals surface area (Å²) in [5.74, 6) is 0. The number of nitrogens with zero attached hydrogens (tertiary/aromatic N) is 1. The van der Waals surface area contributed by atoms with Gasteiger partial charge < -0.3 is 10.6 Å². The topological polar surface area (TPSA) is 54.0 Å². The predicted molar refractivity (Wildman–Crippen MR) is 64.4 cm³/mol. The maximum atomic E-state index is 11.3. The van der Waals surface area contributed by atoms with Gasteiger partial charge in [-0.05, 0) is 31.2 Å². The number of rotatable bonds is 2. The second kappa shape index (κ2) is 4.61. The largest absolute Gasteiger partial charge is 0.338 e. The predicted octanol–water partition coefficient (Wildman–Crippen LogP) is 2.38. The summed E-state index contributed by atoms with van der Waals surface area (Å²) in [6.45, 7) is 2.49. The molecule has 1 heterocycles. The van der Waals surface area contributed by atoms with Crippen LogP contribution in [0.5, 0.6) is 0 Å². The van der Waals surface area contributed by atoms with E-state index in [0.29, 0.717) is 6.54 Å². The van der Waals surface area contributed by atoms with Crippen molar-refractivity contribution in [2.45, 2.75) is 6.92 Å². The van der Waals surface area contributed by atoms with E-state index in [9.17, 15) is 4.79 Å². The molecule has 0 atom stereocenters. The SMILES string of the molecule is CCNC(=O)Nc1ccc2ncccc2c1. The van der Waals surface area contributed by atoms with E-state index in [-0.39, 0.29) is 6.03 Å². The maximum absolute atomic E-state index is 11.3. The lowest BCUT2D eigenvalue weighted by Crippen LogP contribution is -2.28. The molecular weight excluding hydrogens is 202 g/mol. The zero-order valence-electron chi connectivity index (χ0n) is 9.03. The van der Waals surface area contributed by atoms with Crippen molar-refractivity contribution in [3.63, 3.8) is 0 Å². The molecule has 2 aromatic rings. The number of carbonyl (C=O) groups is 1. The van der Waals surface area contributed by atoms with E-state index >= 15 is 0 Å². The minimum Gasteiger partial charge on any atom is -0.338 e. The number of hydrogen-bond acceptors (Lipinski definition) is 2. The van der Waals surface area contributed by atoms with Crippen LogP contribution in [0, 0.1) is 0 Å². The van der Waals surface area contributed by atoms with E-state index < -0.39 is 0 Å². The standard InChI is InChI=1S/C12H13N3O/c1-2-13-12(16)15-10-5-6-11-9(8-10)4-3-7-14-11/h3-8H,2H2,1H3,(H2,13,15,16). The molecule has 0 aliphatic heterocycles. The number of fused-ring (bicyclic) bond motifs is 1. The molecule has 0 saturated heterocycles. The highest BCUT2D eigenvalue weighted by Gasteiger charge is 2.00. The number of amides is 2. The molecule has 0 radical (unpaired) electrons. The average molecular weight is 215 g/mol. The molecule has 16 heavy (non-hydrogen) atoms. The Morgan fingerprint density at radius 3 is 3.06 bits per heavy atom. The highest BCUT2D eigenvalue weighted by atomic mass is 16.2. The third-order valence-corrected chi connectivity index (χ3v) is 2.20. The van der Waals surface area contributed by atoms with Crippen LogP contribution in [0.4, 0.5) is 10.5 Å². The van der Waals surface area contributed by atoms with Gasteiger partial charge >= 0.3 is 6.03 Å². The summed E-state index contributed by atoms with van der Waals surface area (Å²) in [6, 6.07) is 9.27. The molecule has 1 aromatic heterocycles. The van der Waals surface area contributed by atoms with Gasteiger partial charge in [0.2, 0.25) is 0 Å². The van der Waals surface area contributed by atoms with Crippen LogP contribution >= 0.6 is 0 Å². The van der Waals surface area contributed by atoms with Crippen molar-refractivity contribution in [3.8, 4) is 0 Å². The van der Waals surface area contributed by atoms with E-state index in [1.54, 1.807) is 6.20 Å². The van der Waals surface area contributed by atoms with Crippen LogP contribution in [0.1, 0.15) is 6.92 Å². The Hall–Kier alpha value is -2.10. The van der Waals surface area contributed by atoms with Crippen molar-refractivity contribution >= 4 is 22.6 Å². The van der Waals surface area contributed by atoms with E-state index in [2.05, 4.69) is 15.6 Å². The van der Waals surface area contributed by atoms with E-state index in [1.165, 1.54) is 0 Å². The van der Waals surface area contributed by atoms with Crippen LogP contribution in [0.15, 0.2) is 36.5 Å². The van der Waals surface area contributed by atoms with Gasteiger partial charge in [-0.3, -0.25) is 4.98 Å². The van der Waals surface area contributed by atoms with Crippen LogP contribution in [0.3, 0.4) is 0 Å². The number of aromatic nitrogens is 1. The summed E-state index contributed by atoms with van der Waals surface area (Å²) in [4.78, 5) is 15.5. The van der Waals surface area contributed by atoms with Crippen LogP contribution in [0.25, 0.3) is 10.9 Å². The fourth-order valence-corrected chi connectivity index (χ4v) is 1.49. The molecule has 0 unspecified atom stereocenters. The van der Waals surface area contributed by atoms with Gasteiger partial charge in [0.05, 0.1) is 5.52 Å².